The van der Waals surface area contributed by atoms with Crippen LogP contribution in [0.3, 0.4) is 0 Å². The Morgan fingerprint density at radius 3 is 2.27 bits per heavy atom. The molecular weight excluding hydrogens is 494 g/mol. The maximum atomic E-state index is 15.2. The molecule has 1 saturated heterocycles. The Hall–Kier alpha value is -2.06. The fourth-order valence-corrected chi connectivity index (χ4v) is 5.29. The third kappa shape index (κ3) is 5.42. The van der Waals surface area contributed by atoms with Crippen molar-refractivity contribution in [1.82, 2.24) is 0 Å². The summed E-state index contributed by atoms with van der Waals surface area (Å²) < 4.78 is 102. The lowest BCUT2D eigenvalue weighted by atomic mass is 9.78. The van der Waals surface area contributed by atoms with E-state index in [0.717, 1.165) is 25.7 Å². The highest BCUT2D eigenvalue weighted by atomic mass is 19.3. The molecule has 0 unspecified atom stereocenters. The predicted molar refractivity (Wildman–Crippen MR) is 131 cm³/mol. The standard InChI is InChI=1S/C29H34F6O2/c1-3-5-6-8-25-36-16-18(17-37-25)9-10-19-11-13-21-22-14-12-20(7-4-2)27(31)26(22)29(34,35)28(32,33)23(21)15-24(19)30/h11-14,18,25H,3-10,15-17H2,1-2H3. The first-order valence-electron chi connectivity index (χ1n) is 13.2. The summed E-state index contributed by atoms with van der Waals surface area (Å²) >= 11 is 0. The molecule has 1 fully saturated rings. The summed E-state index contributed by atoms with van der Waals surface area (Å²) in [6.07, 6.45) is 6.79. The monoisotopic (exact) mass is 528 g/mol. The first-order valence-corrected chi connectivity index (χ1v) is 13.2. The Morgan fingerprint density at radius 1 is 0.865 bits per heavy atom. The maximum Gasteiger partial charge on any atom is 0.342 e. The second kappa shape index (κ2) is 11.4. The summed E-state index contributed by atoms with van der Waals surface area (Å²) in [5, 5.41) is 0. The Balaban J connectivity index is 1.52. The zero-order chi connectivity index (χ0) is 26.8. The van der Waals surface area contributed by atoms with Crippen molar-refractivity contribution in [2.24, 2.45) is 5.92 Å². The number of halogens is 6. The molecule has 204 valence electrons. The fourth-order valence-electron chi connectivity index (χ4n) is 5.29. The molecule has 0 bridgehead atoms. The van der Waals surface area contributed by atoms with Gasteiger partial charge in [0.25, 0.3) is 0 Å². The molecule has 2 nitrogen and oxygen atoms in total. The lowest BCUT2D eigenvalue weighted by Crippen LogP contribution is -2.44. The highest BCUT2D eigenvalue weighted by Gasteiger charge is 2.64. The minimum atomic E-state index is -4.79. The quantitative estimate of drug-likeness (QED) is 0.236. The van der Waals surface area contributed by atoms with Crippen molar-refractivity contribution in [3.63, 3.8) is 0 Å². The third-order valence-corrected chi connectivity index (χ3v) is 7.48. The summed E-state index contributed by atoms with van der Waals surface area (Å²) in [4.78, 5) is 0. The smallest absolute Gasteiger partial charge is 0.342 e. The number of rotatable bonds is 9. The van der Waals surface area contributed by atoms with E-state index < -0.39 is 41.0 Å². The average molecular weight is 529 g/mol. The van der Waals surface area contributed by atoms with Crippen LogP contribution in [0.4, 0.5) is 26.3 Å². The minimum Gasteiger partial charge on any atom is -0.352 e. The number of ether oxygens (including phenoxy) is 2. The van der Waals surface area contributed by atoms with Crippen molar-refractivity contribution in [3.8, 4) is 0 Å². The van der Waals surface area contributed by atoms with E-state index >= 15 is 26.3 Å². The first-order chi connectivity index (χ1) is 17.6. The van der Waals surface area contributed by atoms with Gasteiger partial charge in [-0.15, -0.1) is 0 Å². The molecule has 37 heavy (non-hydrogen) atoms. The summed E-state index contributed by atoms with van der Waals surface area (Å²) in [6.45, 7) is 4.78. The van der Waals surface area contributed by atoms with Gasteiger partial charge in [0.2, 0.25) is 0 Å². The zero-order valence-electron chi connectivity index (χ0n) is 21.3. The van der Waals surface area contributed by atoms with Crippen molar-refractivity contribution in [2.45, 2.75) is 89.8 Å². The molecule has 0 spiro atoms. The maximum absolute atomic E-state index is 15.2. The van der Waals surface area contributed by atoms with Crippen LogP contribution in [0.2, 0.25) is 0 Å². The van der Waals surface area contributed by atoms with Gasteiger partial charge in [-0.25, -0.2) is 8.78 Å². The SMILES string of the molecule is CCCCCC1OCC(CCC2=C(F)CC3=C(C=C2)c2ccc(CCC)c(F)c2C(F)(F)C3(F)F)CO1. The van der Waals surface area contributed by atoms with Crippen LogP contribution in [-0.4, -0.2) is 25.4 Å². The molecule has 2 aliphatic carbocycles. The largest absolute Gasteiger partial charge is 0.352 e. The Labute approximate surface area is 214 Å². The van der Waals surface area contributed by atoms with Crippen LogP contribution in [0.15, 0.2) is 41.3 Å². The fraction of sp³-hybridized carbons (Fsp3) is 0.586. The number of hydrogen-bond donors (Lipinski definition) is 0. The predicted octanol–water partition coefficient (Wildman–Crippen LogP) is 8.81. The molecule has 0 saturated carbocycles. The molecule has 0 radical (unpaired) electrons. The minimum absolute atomic E-state index is 0.0135. The van der Waals surface area contributed by atoms with E-state index in [2.05, 4.69) is 6.92 Å². The molecule has 0 atom stereocenters. The number of allylic oxidation sites excluding steroid dienone is 6. The first kappa shape index (κ1) is 28.0. The number of unbranched alkanes of at least 4 members (excludes halogenated alkanes) is 2. The van der Waals surface area contributed by atoms with Gasteiger partial charge >= 0.3 is 11.8 Å². The topological polar surface area (TPSA) is 18.5 Å². The van der Waals surface area contributed by atoms with E-state index in [4.69, 9.17) is 9.47 Å². The van der Waals surface area contributed by atoms with E-state index in [1.54, 1.807) is 6.92 Å². The zero-order valence-corrected chi connectivity index (χ0v) is 21.3. The summed E-state index contributed by atoms with van der Waals surface area (Å²) in [5.74, 6) is -11.7. The van der Waals surface area contributed by atoms with Gasteiger partial charge in [-0.3, -0.25) is 0 Å². The third-order valence-electron chi connectivity index (χ3n) is 7.48. The molecule has 0 N–H and O–H groups in total. The molecule has 0 amide bonds. The van der Waals surface area contributed by atoms with Gasteiger partial charge in [-0.05, 0) is 54.4 Å². The molecule has 1 aliphatic heterocycles. The van der Waals surface area contributed by atoms with Crippen molar-refractivity contribution in [3.05, 3.63) is 63.8 Å². The molecule has 3 aliphatic rings. The number of aryl methyl sites for hydroxylation is 1. The second-order valence-electron chi connectivity index (χ2n) is 10.2. The van der Waals surface area contributed by atoms with Crippen LogP contribution in [-0.2, 0) is 21.8 Å². The number of benzene rings is 1. The van der Waals surface area contributed by atoms with E-state index in [-0.39, 0.29) is 47.3 Å². The Morgan fingerprint density at radius 2 is 1.59 bits per heavy atom. The van der Waals surface area contributed by atoms with E-state index in [1.807, 2.05) is 0 Å². The average Bonchev–Trinajstić information content (AvgIpc) is 3.03. The normalized spacial score (nSPS) is 24.6. The van der Waals surface area contributed by atoms with Crippen molar-refractivity contribution in [1.29, 1.82) is 0 Å². The van der Waals surface area contributed by atoms with E-state index in [9.17, 15) is 0 Å². The molecule has 1 aromatic carbocycles. The van der Waals surface area contributed by atoms with Crippen molar-refractivity contribution < 1.29 is 35.8 Å². The highest BCUT2D eigenvalue weighted by Crippen LogP contribution is 2.57. The molecule has 1 aromatic rings. The van der Waals surface area contributed by atoms with Gasteiger partial charge in [-0.2, -0.15) is 17.6 Å². The Bertz CT molecular complexity index is 1080. The molecule has 8 heteroatoms. The lowest BCUT2D eigenvalue weighted by Gasteiger charge is -2.36. The van der Waals surface area contributed by atoms with Crippen LogP contribution in [0.1, 0.15) is 81.9 Å². The number of hydrogen-bond acceptors (Lipinski definition) is 2. The van der Waals surface area contributed by atoms with Crippen LogP contribution >= 0.6 is 0 Å². The van der Waals surface area contributed by atoms with Gasteiger partial charge in [0.05, 0.1) is 18.8 Å². The van der Waals surface area contributed by atoms with Crippen LogP contribution in [0, 0.1) is 11.7 Å². The van der Waals surface area contributed by atoms with Gasteiger partial charge in [0.1, 0.15) is 11.6 Å². The van der Waals surface area contributed by atoms with Crippen LogP contribution < -0.4 is 0 Å². The van der Waals surface area contributed by atoms with Crippen LogP contribution in [0.5, 0.6) is 0 Å². The van der Waals surface area contributed by atoms with Gasteiger partial charge in [-0.1, -0.05) is 57.4 Å². The van der Waals surface area contributed by atoms with E-state index in [0.29, 0.717) is 26.1 Å². The molecule has 0 aromatic heterocycles. The van der Waals surface area contributed by atoms with Gasteiger partial charge in [0, 0.05) is 17.9 Å². The summed E-state index contributed by atoms with van der Waals surface area (Å²) in [5.41, 5.74) is -2.73. The Kier molecular flexibility index (Phi) is 8.58. The molecule has 4 rings (SSSR count). The van der Waals surface area contributed by atoms with Gasteiger partial charge in [0.15, 0.2) is 6.29 Å². The molecule has 1 heterocycles. The lowest BCUT2D eigenvalue weighted by molar-refractivity contribution is -0.204. The van der Waals surface area contributed by atoms with Crippen molar-refractivity contribution >= 4 is 5.57 Å². The van der Waals surface area contributed by atoms with Crippen LogP contribution in [0.25, 0.3) is 5.57 Å². The number of alkyl halides is 4. The second-order valence-corrected chi connectivity index (χ2v) is 10.2. The van der Waals surface area contributed by atoms with E-state index in [1.165, 1.54) is 24.3 Å². The highest BCUT2D eigenvalue weighted by molar-refractivity contribution is 5.84. The number of fused-ring (bicyclic) bond motifs is 2. The molecular formula is C29H34F6O2. The van der Waals surface area contributed by atoms with Crippen molar-refractivity contribution in [2.75, 3.05) is 13.2 Å². The van der Waals surface area contributed by atoms with Gasteiger partial charge < -0.3 is 9.47 Å². The summed E-state index contributed by atoms with van der Waals surface area (Å²) in [7, 11) is 0. The summed E-state index contributed by atoms with van der Waals surface area (Å²) in [6, 6.07) is 2.60.